The Morgan fingerprint density at radius 3 is 2.48 bits per heavy atom. The summed E-state index contributed by atoms with van der Waals surface area (Å²) in [6.07, 6.45) is 1.85. The van der Waals surface area contributed by atoms with Crippen molar-refractivity contribution in [3.05, 3.63) is 86.9 Å². The molecule has 31 heavy (non-hydrogen) atoms. The molecule has 5 rings (SSSR count). The summed E-state index contributed by atoms with van der Waals surface area (Å²) < 4.78 is 1.89. The van der Waals surface area contributed by atoms with Crippen molar-refractivity contribution in [2.45, 2.75) is 25.4 Å². The Morgan fingerprint density at radius 2 is 1.71 bits per heavy atom. The highest BCUT2D eigenvalue weighted by molar-refractivity contribution is 6.31. The van der Waals surface area contributed by atoms with Crippen molar-refractivity contribution in [2.24, 2.45) is 0 Å². The smallest absolute Gasteiger partial charge is 0.305 e. The SMILES string of the molecule is O=c1[nH]c2cc(Cl)ccc2n1C1CCN(Cc2cccc(-c3ccc(Cl)cc3)n2)CC1. The molecule has 2 aromatic carbocycles. The molecule has 0 unspecified atom stereocenters. The van der Waals surface area contributed by atoms with Crippen LogP contribution in [0.25, 0.3) is 22.3 Å². The van der Waals surface area contributed by atoms with Gasteiger partial charge in [0.05, 0.1) is 22.4 Å². The predicted molar refractivity (Wildman–Crippen MR) is 126 cm³/mol. The summed E-state index contributed by atoms with van der Waals surface area (Å²) in [5.41, 5.74) is 4.71. The number of nitrogens with one attached hydrogen (secondary N) is 1. The van der Waals surface area contributed by atoms with E-state index in [2.05, 4.69) is 22.0 Å². The molecule has 1 aliphatic rings. The number of hydrogen-bond acceptors (Lipinski definition) is 3. The van der Waals surface area contributed by atoms with Gasteiger partial charge in [-0.2, -0.15) is 0 Å². The highest BCUT2D eigenvalue weighted by atomic mass is 35.5. The highest BCUT2D eigenvalue weighted by Gasteiger charge is 2.24. The number of likely N-dealkylation sites (tertiary alicyclic amines) is 1. The van der Waals surface area contributed by atoms with Crippen molar-refractivity contribution in [3.8, 4) is 11.3 Å². The highest BCUT2D eigenvalue weighted by Crippen LogP contribution is 2.27. The third-order valence-corrected chi connectivity index (χ3v) is 6.42. The van der Waals surface area contributed by atoms with Gasteiger partial charge in [-0.25, -0.2) is 4.79 Å². The van der Waals surface area contributed by atoms with Gasteiger partial charge in [-0.1, -0.05) is 41.4 Å². The van der Waals surface area contributed by atoms with E-state index in [9.17, 15) is 4.79 Å². The number of piperidine rings is 1. The van der Waals surface area contributed by atoms with Crippen molar-refractivity contribution >= 4 is 34.2 Å². The molecule has 0 amide bonds. The number of halogens is 2. The maximum Gasteiger partial charge on any atom is 0.326 e. The second-order valence-corrected chi connectivity index (χ2v) is 8.86. The third-order valence-electron chi connectivity index (χ3n) is 5.93. The number of H-pyrrole nitrogens is 1. The molecule has 2 aromatic heterocycles. The number of benzene rings is 2. The van der Waals surface area contributed by atoms with E-state index in [-0.39, 0.29) is 11.7 Å². The second-order valence-electron chi connectivity index (χ2n) is 7.99. The van der Waals surface area contributed by atoms with Crippen LogP contribution in [-0.4, -0.2) is 32.5 Å². The third kappa shape index (κ3) is 4.26. The molecule has 1 N–H and O–H groups in total. The van der Waals surface area contributed by atoms with Crippen LogP contribution in [0.4, 0.5) is 0 Å². The zero-order valence-corrected chi connectivity index (χ0v) is 18.4. The molecule has 158 valence electrons. The first-order valence-electron chi connectivity index (χ1n) is 10.4. The number of aromatic nitrogens is 3. The molecule has 0 atom stereocenters. The van der Waals surface area contributed by atoms with Gasteiger partial charge in [-0.3, -0.25) is 14.5 Å². The van der Waals surface area contributed by atoms with Crippen molar-refractivity contribution in [2.75, 3.05) is 13.1 Å². The van der Waals surface area contributed by atoms with Crippen LogP contribution in [0, 0.1) is 0 Å². The van der Waals surface area contributed by atoms with Crippen LogP contribution in [0.1, 0.15) is 24.6 Å². The Hall–Kier alpha value is -2.60. The molecule has 0 saturated carbocycles. The van der Waals surface area contributed by atoms with Crippen LogP contribution >= 0.6 is 23.2 Å². The quantitative estimate of drug-likeness (QED) is 0.442. The molecule has 3 heterocycles. The van der Waals surface area contributed by atoms with E-state index in [1.54, 1.807) is 0 Å². The molecule has 1 fully saturated rings. The lowest BCUT2D eigenvalue weighted by atomic mass is 10.0. The van der Waals surface area contributed by atoms with Crippen molar-refractivity contribution < 1.29 is 0 Å². The predicted octanol–water partition coefficient (Wildman–Crippen LogP) is 5.54. The van der Waals surface area contributed by atoms with Gasteiger partial charge in [0.25, 0.3) is 0 Å². The summed E-state index contributed by atoms with van der Waals surface area (Å²) in [5.74, 6) is 0. The topological polar surface area (TPSA) is 53.9 Å². The van der Waals surface area contributed by atoms with Crippen molar-refractivity contribution in [1.29, 1.82) is 0 Å². The van der Waals surface area contributed by atoms with E-state index < -0.39 is 0 Å². The molecular weight excluding hydrogens is 431 g/mol. The summed E-state index contributed by atoms with van der Waals surface area (Å²) in [5, 5.41) is 1.35. The van der Waals surface area contributed by atoms with E-state index in [4.69, 9.17) is 28.2 Å². The average molecular weight is 453 g/mol. The number of nitrogens with zero attached hydrogens (tertiary/aromatic N) is 3. The maximum absolute atomic E-state index is 12.5. The summed E-state index contributed by atoms with van der Waals surface area (Å²) >= 11 is 12.1. The Labute approximate surface area is 190 Å². The average Bonchev–Trinajstić information content (AvgIpc) is 3.10. The Balaban J connectivity index is 1.28. The van der Waals surface area contributed by atoms with E-state index in [0.29, 0.717) is 5.02 Å². The standard InChI is InChI=1S/C24H22Cl2N4O/c25-17-6-4-16(5-7-17)21-3-1-2-19(27-21)15-29-12-10-20(11-13-29)30-23-9-8-18(26)14-22(23)28-24(30)31/h1-9,14,20H,10-13,15H2,(H,28,31). The minimum atomic E-state index is -0.0620. The number of fused-ring (bicyclic) bond motifs is 1. The van der Waals surface area contributed by atoms with Crippen LogP contribution in [0.5, 0.6) is 0 Å². The van der Waals surface area contributed by atoms with Crippen LogP contribution in [-0.2, 0) is 6.54 Å². The first kappa shape index (κ1) is 20.3. The molecule has 0 bridgehead atoms. The largest absolute Gasteiger partial charge is 0.326 e. The minimum Gasteiger partial charge on any atom is -0.305 e. The lowest BCUT2D eigenvalue weighted by Crippen LogP contribution is -2.36. The van der Waals surface area contributed by atoms with Gasteiger partial charge in [0.15, 0.2) is 0 Å². The van der Waals surface area contributed by atoms with E-state index in [1.165, 1.54) is 0 Å². The number of imidazole rings is 1. The zero-order valence-electron chi connectivity index (χ0n) is 16.9. The number of rotatable bonds is 4. The Kier molecular flexibility index (Phi) is 5.57. The summed E-state index contributed by atoms with van der Waals surface area (Å²) in [7, 11) is 0. The maximum atomic E-state index is 12.5. The molecule has 5 nitrogen and oxygen atoms in total. The molecule has 1 aliphatic heterocycles. The Morgan fingerprint density at radius 1 is 0.968 bits per heavy atom. The number of aromatic amines is 1. The molecule has 4 aromatic rings. The fourth-order valence-corrected chi connectivity index (χ4v) is 4.68. The molecule has 7 heteroatoms. The van der Waals surface area contributed by atoms with Gasteiger partial charge < -0.3 is 4.98 Å². The molecular formula is C24H22Cl2N4O. The molecule has 1 saturated heterocycles. The summed E-state index contributed by atoms with van der Waals surface area (Å²) in [6.45, 7) is 2.64. The van der Waals surface area contributed by atoms with E-state index >= 15 is 0 Å². The number of hydrogen-bond donors (Lipinski definition) is 1. The van der Waals surface area contributed by atoms with Crippen LogP contribution in [0.15, 0.2) is 65.5 Å². The van der Waals surface area contributed by atoms with Crippen molar-refractivity contribution in [1.82, 2.24) is 19.4 Å². The zero-order chi connectivity index (χ0) is 21.4. The van der Waals surface area contributed by atoms with E-state index in [0.717, 1.165) is 65.5 Å². The molecule has 0 radical (unpaired) electrons. The fraction of sp³-hybridized carbons (Fsp3) is 0.250. The first-order valence-corrected chi connectivity index (χ1v) is 11.2. The summed E-state index contributed by atoms with van der Waals surface area (Å²) in [4.78, 5) is 22.7. The van der Waals surface area contributed by atoms with E-state index in [1.807, 2.05) is 53.1 Å². The van der Waals surface area contributed by atoms with Gasteiger partial charge in [0.2, 0.25) is 0 Å². The van der Waals surface area contributed by atoms with Gasteiger partial charge >= 0.3 is 5.69 Å². The van der Waals surface area contributed by atoms with Gasteiger partial charge in [0, 0.05) is 41.3 Å². The summed E-state index contributed by atoms with van der Waals surface area (Å²) in [6, 6.07) is 19.7. The lowest BCUT2D eigenvalue weighted by molar-refractivity contribution is 0.178. The number of pyridine rings is 1. The Bertz CT molecular complexity index is 1270. The van der Waals surface area contributed by atoms with Crippen LogP contribution < -0.4 is 5.69 Å². The normalized spacial score (nSPS) is 15.5. The van der Waals surface area contributed by atoms with Crippen LogP contribution in [0.3, 0.4) is 0 Å². The fourth-order valence-electron chi connectivity index (χ4n) is 4.38. The monoisotopic (exact) mass is 452 g/mol. The lowest BCUT2D eigenvalue weighted by Gasteiger charge is -2.32. The van der Waals surface area contributed by atoms with Crippen LogP contribution in [0.2, 0.25) is 10.0 Å². The minimum absolute atomic E-state index is 0.0620. The van der Waals surface area contributed by atoms with Gasteiger partial charge in [-0.15, -0.1) is 0 Å². The van der Waals surface area contributed by atoms with Gasteiger partial charge in [-0.05, 0) is 55.3 Å². The first-order chi connectivity index (χ1) is 15.1. The van der Waals surface area contributed by atoms with Gasteiger partial charge in [0.1, 0.15) is 0 Å². The molecule has 0 spiro atoms. The molecule has 0 aliphatic carbocycles. The second kappa shape index (κ2) is 8.50. The van der Waals surface area contributed by atoms with Crippen molar-refractivity contribution in [3.63, 3.8) is 0 Å².